The smallest absolute Gasteiger partial charge is 0.101 e. The van der Waals surface area contributed by atoms with Crippen molar-refractivity contribution in [2.24, 2.45) is 4.99 Å². The molecule has 0 amide bonds. The highest BCUT2D eigenvalue weighted by Crippen LogP contribution is 2.08. The first-order valence-electron chi connectivity index (χ1n) is 4.33. The Hall–Kier alpha value is -1.05. The molecule has 1 saturated heterocycles. The first-order valence-corrected chi connectivity index (χ1v) is 4.33. The Balaban J connectivity index is 2.53. The molecule has 0 spiro atoms. The monoisotopic (exact) mass is 164 g/mol. The molecular weight excluding hydrogens is 148 g/mol. The van der Waals surface area contributed by atoms with Crippen LogP contribution in [0.3, 0.4) is 0 Å². The van der Waals surface area contributed by atoms with E-state index in [-0.39, 0.29) is 0 Å². The molecule has 1 rings (SSSR count). The summed E-state index contributed by atoms with van der Waals surface area (Å²) < 4.78 is 0. The topological polar surface area (TPSA) is 15.6 Å². The van der Waals surface area contributed by atoms with Crippen LogP contribution < -0.4 is 0 Å². The highest BCUT2D eigenvalue weighted by atomic mass is 15.2. The SMILES string of the molecule is C=C/C=C(C)\N=C(/C)N1CCC1. The molecule has 0 unspecified atom stereocenters. The van der Waals surface area contributed by atoms with E-state index in [1.165, 1.54) is 6.42 Å². The molecule has 0 atom stereocenters. The number of likely N-dealkylation sites (tertiary alicyclic amines) is 1. The van der Waals surface area contributed by atoms with Crippen molar-refractivity contribution in [2.75, 3.05) is 13.1 Å². The molecular formula is C10H16N2. The Morgan fingerprint density at radius 3 is 2.50 bits per heavy atom. The molecule has 1 fully saturated rings. The lowest BCUT2D eigenvalue weighted by Gasteiger charge is -2.32. The van der Waals surface area contributed by atoms with Crippen molar-refractivity contribution in [3.8, 4) is 0 Å². The third-order valence-corrected chi connectivity index (χ3v) is 2.01. The maximum atomic E-state index is 4.42. The lowest BCUT2D eigenvalue weighted by molar-refractivity contribution is 0.298. The van der Waals surface area contributed by atoms with Crippen molar-refractivity contribution in [2.45, 2.75) is 20.3 Å². The molecule has 0 N–H and O–H groups in total. The van der Waals surface area contributed by atoms with Crippen molar-refractivity contribution < 1.29 is 0 Å². The Morgan fingerprint density at radius 2 is 2.08 bits per heavy atom. The number of hydrogen-bond donors (Lipinski definition) is 0. The van der Waals surface area contributed by atoms with Crippen LogP contribution in [0, 0.1) is 0 Å². The zero-order chi connectivity index (χ0) is 8.97. The second kappa shape index (κ2) is 4.10. The number of hydrogen-bond acceptors (Lipinski definition) is 1. The average molecular weight is 164 g/mol. The molecule has 0 aromatic rings. The van der Waals surface area contributed by atoms with Crippen molar-refractivity contribution in [3.63, 3.8) is 0 Å². The summed E-state index contributed by atoms with van der Waals surface area (Å²) in [4.78, 5) is 6.70. The molecule has 0 radical (unpaired) electrons. The first kappa shape index (κ1) is 9.04. The van der Waals surface area contributed by atoms with Crippen LogP contribution in [-0.2, 0) is 0 Å². The fourth-order valence-corrected chi connectivity index (χ4v) is 1.17. The Bertz CT molecular complexity index is 222. The quantitative estimate of drug-likeness (QED) is 0.347. The second-order valence-corrected chi connectivity index (χ2v) is 3.04. The van der Waals surface area contributed by atoms with Crippen molar-refractivity contribution >= 4 is 5.84 Å². The van der Waals surface area contributed by atoms with Crippen LogP contribution in [-0.4, -0.2) is 23.8 Å². The minimum absolute atomic E-state index is 1.02. The van der Waals surface area contributed by atoms with Crippen LogP contribution in [0.4, 0.5) is 0 Å². The lowest BCUT2D eigenvalue weighted by Crippen LogP contribution is -2.40. The number of allylic oxidation sites excluding steroid dienone is 3. The third kappa shape index (κ3) is 2.22. The predicted molar refractivity (Wildman–Crippen MR) is 53.3 cm³/mol. The molecule has 0 bridgehead atoms. The van der Waals surface area contributed by atoms with E-state index in [2.05, 4.69) is 23.4 Å². The van der Waals surface area contributed by atoms with Gasteiger partial charge in [-0.15, -0.1) is 0 Å². The normalized spacial score (nSPS) is 19.0. The molecule has 12 heavy (non-hydrogen) atoms. The number of aliphatic imine (C=N–C) groups is 1. The summed E-state index contributed by atoms with van der Waals surface area (Å²) in [6, 6.07) is 0. The van der Waals surface area contributed by atoms with Crippen LogP contribution >= 0.6 is 0 Å². The fraction of sp³-hybridized carbons (Fsp3) is 0.500. The zero-order valence-corrected chi connectivity index (χ0v) is 7.88. The number of amidine groups is 1. The second-order valence-electron chi connectivity index (χ2n) is 3.04. The van der Waals surface area contributed by atoms with Gasteiger partial charge in [-0.2, -0.15) is 0 Å². The summed E-state index contributed by atoms with van der Waals surface area (Å²) in [7, 11) is 0. The van der Waals surface area contributed by atoms with Gasteiger partial charge in [0.05, 0.1) is 0 Å². The summed E-state index contributed by atoms with van der Waals surface area (Å²) in [5, 5.41) is 0. The summed E-state index contributed by atoms with van der Waals surface area (Å²) in [5.41, 5.74) is 1.02. The van der Waals surface area contributed by atoms with Gasteiger partial charge in [-0.3, -0.25) is 0 Å². The molecule has 0 aliphatic carbocycles. The highest BCUT2D eigenvalue weighted by molar-refractivity contribution is 5.81. The van der Waals surface area contributed by atoms with E-state index in [9.17, 15) is 0 Å². The molecule has 2 heteroatoms. The summed E-state index contributed by atoms with van der Waals surface area (Å²) in [5.74, 6) is 1.12. The van der Waals surface area contributed by atoms with E-state index in [1.54, 1.807) is 6.08 Å². The van der Waals surface area contributed by atoms with E-state index in [0.717, 1.165) is 24.6 Å². The Kier molecular flexibility index (Phi) is 3.09. The number of rotatable bonds is 2. The van der Waals surface area contributed by atoms with Gasteiger partial charge >= 0.3 is 0 Å². The predicted octanol–water partition coefficient (Wildman–Crippen LogP) is 2.20. The molecule has 1 heterocycles. The molecule has 0 saturated carbocycles. The zero-order valence-electron chi connectivity index (χ0n) is 7.88. The van der Waals surface area contributed by atoms with Gasteiger partial charge in [0.1, 0.15) is 5.84 Å². The van der Waals surface area contributed by atoms with Crippen LogP contribution in [0.1, 0.15) is 20.3 Å². The van der Waals surface area contributed by atoms with Gasteiger partial charge < -0.3 is 4.90 Å². The summed E-state index contributed by atoms with van der Waals surface area (Å²) >= 11 is 0. The largest absolute Gasteiger partial charge is 0.360 e. The molecule has 66 valence electrons. The highest BCUT2D eigenvalue weighted by Gasteiger charge is 2.14. The molecule has 0 aromatic heterocycles. The Labute approximate surface area is 74.3 Å². The minimum Gasteiger partial charge on any atom is -0.360 e. The van der Waals surface area contributed by atoms with E-state index >= 15 is 0 Å². The summed E-state index contributed by atoms with van der Waals surface area (Å²) in [6.07, 6.45) is 4.99. The molecule has 0 aromatic carbocycles. The average Bonchev–Trinajstić information content (AvgIpc) is 1.82. The maximum absolute atomic E-state index is 4.42. The standard InChI is InChI=1S/C10H16N2/c1-4-6-9(2)11-10(3)12-7-5-8-12/h4,6H,1,5,7-8H2,2-3H3/b9-6-,11-10+. The third-order valence-electron chi connectivity index (χ3n) is 2.01. The van der Waals surface area contributed by atoms with E-state index in [0.29, 0.717) is 0 Å². The van der Waals surface area contributed by atoms with Gasteiger partial charge in [0.2, 0.25) is 0 Å². The van der Waals surface area contributed by atoms with Gasteiger partial charge in [0.15, 0.2) is 0 Å². The van der Waals surface area contributed by atoms with Crippen LogP contribution in [0.25, 0.3) is 0 Å². The maximum Gasteiger partial charge on any atom is 0.101 e. The van der Waals surface area contributed by atoms with E-state index in [1.807, 2.05) is 13.0 Å². The van der Waals surface area contributed by atoms with Gasteiger partial charge in [-0.05, 0) is 26.3 Å². The minimum atomic E-state index is 1.02. The van der Waals surface area contributed by atoms with Gasteiger partial charge in [-0.1, -0.05) is 12.7 Å². The van der Waals surface area contributed by atoms with Crippen molar-refractivity contribution in [1.29, 1.82) is 0 Å². The van der Waals surface area contributed by atoms with E-state index < -0.39 is 0 Å². The van der Waals surface area contributed by atoms with Gasteiger partial charge in [-0.25, -0.2) is 4.99 Å². The van der Waals surface area contributed by atoms with Crippen molar-refractivity contribution in [1.82, 2.24) is 4.90 Å². The van der Waals surface area contributed by atoms with Crippen molar-refractivity contribution in [3.05, 3.63) is 24.4 Å². The number of nitrogens with zero attached hydrogens (tertiary/aromatic N) is 2. The van der Waals surface area contributed by atoms with Gasteiger partial charge in [0, 0.05) is 18.8 Å². The van der Waals surface area contributed by atoms with Crippen LogP contribution in [0.2, 0.25) is 0 Å². The molecule has 2 nitrogen and oxygen atoms in total. The molecule has 1 aliphatic rings. The van der Waals surface area contributed by atoms with Crippen LogP contribution in [0.5, 0.6) is 0 Å². The first-order chi connectivity index (χ1) is 5.74. The molecule has 1 aliphatic heterocycles. The van der Waals surface area contributed by atoms with E-state index in [4.69, 9.17) is 0 Å². The summed E-state index contributed by atoms with van der Waals surface area (Å²) in [6.45, 7) is 10.0. The van der Waals surface area contributed by atoms with Gasteiger partial charge in [0.25, 0.3) is 0 Å². The fourth-order valence-electron chi connectivity index (χ4n) is 1.17. The lowest BCUT2D eigenvalue weighted by atomic mass is 10.2. The Morgan fingerprint density at radius 1 is 1.42 bits per heavy atom. The van der Waals surface area contributed by atoms with Crippen LogP contribution in [0.15, 0.2) is 29.4 Å².